The SMILES string of the molecule is COCCOCC(O)CSc1ccc(C(F)(F)F)cn1. The molecule has 1 aromatic heterocycles. The van der Waals surface area contributed by atoms with Crippen molar-refractivity contribution in [3.63, 3.8) is 0 Å². The largest absolute Gasteiger partial charge is 0.417 e. The molecule has 0 amide bonds. The van der Waals surface area contributed by atoms with Gasteiger partial charge in [0, 0.05) is 19.1 Å². The lowest BCUT2D eigenvalue weighted by atomic mass is 10.3. The van der Waals surface area contributed by atoms with Crippen LogP contribution in [0.5, 0.6) is 0 Å². The van der Waals surface area contributed by atoms with Crippen LogP contribution >= 0.6 is 11.8 Å². The number of halogens is 3. The molecule has 0 bridgehead atoms. The van der Waals surface area contributed by atoms with E-state index in [9.17, 15) is 18.3 Å². The van der Waals surface area contributed by atoms with Gasteiger partial charge in [-0.2, -0.15) is 13.2 Å². The number of alkyl halides is 3. The molecule has 1 N–H and O–H groups in total. The van der Waals surface area contributed by atoms with E-state index in [4.69, 9.17) is 9.47 Å². The van der Waals surface area contributed by atoms with Gasteiger partial charge >= 0.3 is 6.18 Å². The summed E-state index contributed by atoms with van der Waals surface area (Å²) in [5, 5.41) is 10.0. The Labute approximate surface area is 119 Å². The highest BCUT2D eigenvalue weighted by molar-refractivity contribution is 7.99. The Bertz CT molecular complexity index is 387. The summed E-state index contributed by atoms with van der Waals surface area (Å²) < 4.78 is 46.9. The first-order valence-corrected chi connectivity index (χ1v) is 6.83. The first kappa shape index (κ1) is 17.2. The average Bonchev–Trinajstić information content (AvgIpc) is 2.41. The van der Waals surface area contributed by atoms with Crippen molar-refractivity contribution >= 4 is 11.8 Å². The van der Waals surface area contributed by atoms with Gasteiger partial charge in [-0.15, -0.1) is 11.8 Å². The molecule has 8 heteroatoms. The van der Waals surface area contributed by atoms with E-state index in [1.165, 1.54) is 17.8 Å². The van der Waals surface area contributed by atoms with Crippen LogP contribution in [0.4, 0.5) is 13.2 Å². The van der Waals surface area contributed by atoms with E-state index in [-0.39, 0.29) is 6.61 Å². The highest BCUT2D eigenvalue weighted by Crippen LogP contribution is 2.29. The second-order valence-corrected chi connectivity index (χ2v) is 4.96. The normalized spacial score (nSPS) is 13.4. The number of ether oxygens (including phenoxy) is 2. The summed E-state index contributed by atoms with van der Waals surface area (Å²) in [6.07, 6.45) is -4.31. The highest BCUT2D eigenvalue weighted by atomic mass is 32.2. The maximum absolute atomic E-state index is 12.3. The van der Waals surface area contributed by atoms with Crippen LogP contribution in [0.25, 0.3) is 0 Å². The Kier molecular flexibility index (Phi) is 7.28. The van der Waals surface area contributed by atoms with Gasteiger partial charge < -0.3 is 14.6 Å². The Balaban J connectivity index is 2.31. The zero-order valence-corrected chi connectivity index (χ0v) is 11.7. The molecule has 0 radical (unpaired) electrons. The zero-order valence-electron chi connectivity index (χ0n) is 10.9. The lowest BCUT2D eigenvalue weighted by Gasteiger charge is -2.11. The number of aliphatic hydroxyl groups excluding tert-OH is 1. The molecular weight excluding hydrogens is 295 g/mol. The van der Waals surface area contributed by atoms with Crippen molar-refractivity contribution < 1.29 is 27.8 Å². The van der Waals surface area contributed by atoms with E-state index in [1.54, 1.807) is 7.11 Å². The monoisotopic (exact) mass is 311 g/mol. The first-order chi connectivity index (χ1) is 9.43. The minimum absolute atomic E-state index is 0.150. The Morgan fingerprint density at radius 3 is 2.65 bits per heavy atom. The minimum atomic E-state index is -4.38. The highest BCUT2D eigenvalue weighted by Gasteiger charge is 2.30. The van der Waals surface area contributed by atoms with E-state index in [1.807, 2.05) is 0 Å². The molecule has 0 saturated heterocycles. The summed E-state index contributed by atoms with van der Waals surface area (Å²) in [7, 11) is 1.55. The molecule has 1 atom stereocenters. The van der Waals surface area contributed by atoms with Crippen molar-refractivity contribution in [1.82, 2.24) is 4.98 Å². The lowest BCUT2D eigenvalue weighted by Crippen LogP contribution is -2.19. The Morgan fingerprint density at radius 1 is 1.35 bits per heavy atom. The summed E-state index contributed by atoms with van der Waals surface area (Å²) in [6, 6.07) is 2.25. The molecule has 0 saturated carbocycles. The molecule has 0 aliphatic carbocycles. The predicted molar refractivity (Wildman–Crippen MR) is 68.7 cm³/mol. The van der Waals surface area contributed by atoms with Crippen LogP contribution in [-0.2, 0) is 15.7 Å². The fourth-order valence-corrected chi connectivity index (χ4v) is 1.98. The molecule has 1 unspecified atom stereocenters. The van der Waals surface area contributed by atoms with E-state index >= 15 is 0 Å². The molecule has 0 aromatic carbocycles. The van der Waals surface area contributed by atoms with Gasteiger partial charge in [-0.1, -0.05) is 0 Å². The van der Waals surface area contributed by atoms with Gasteiger partial charge in [0.25, 0.3) is 0 Å². The number of rotatable bonds is 8. The molecule has 0 spiro atoms. The number of aromatic nitrogens is 1. The summed E-state index contributed by atoms with van der Waals surface area (Å²) in [4.78, 5) is 3.70. The van der Waals surface area contributed by atoms with Crippen molar-refractivity contribution in [2.75, 3.05) is 32.7 Å². The van der Waals surface area contributed by atoms with Crippen LogP contribution in [0.1, 0.15) is 5.56 Å². The average molecular weight is 311 g/mol. The maximum atomic E-state index is 12.3. The van der Waals surface area contributed by atoms with E-state index in [0.717, 1.165) is 12.3 Å². The Hall–Kier alpha value is -0.830. The molecule has 114 valence electrons. The number of hydrogen-bond acceptors (Lipinski definition) is 5. The quantitative estimate of drug-likeness (QED) is 0.589. The fourth-order valence-electron chi connectivity index (χ4n) is 1.22. The summed E-state index contributed by atoms with van der Waals surface area (Å²) in [5.74, 6) is 0.297. The topological polar surface area (TPSA) is 51.6 Å². The van der Waals surface area contributed by atoms with Crippen LogP contribution in [0, 0.1) is 0 Å². The van der Waals surface area contributed by atoms with Gasteiger partial charge in [-0.05, 0) is 12.1 Å². The molecule has 0 aliphatic rings. The van der Waals surface area contributed by atoms with Gasteiger partial charge in [0.15, 0.2) is 0 Å². The van der Waals surface area contributed by atoms with Crippen molar-refractivity contribution in [3.05, 3.63) is 23.9 Å². The molecule has 1 rings (SSSR count). The molecule has 20 heavy (non-hydrogen) atoms. The zero-order chi connectivity index (χ0) is 15.0. The van der Waals surface area contributed by atoms with Gasteiger partial charge in [-0.3, -0.25) is 0 Å². The van der Waals surface area contributed by atoms with Crippen molar-refractivity contribution in [2.24, 2.45) is 0 Å². The van der Waals surface area contributed by atoms with Gasteiger partial charge in [-0.25, -0.2) is 4.98 Å². The second kappa shape index (κ2) is 8.46. The van der Waals surface area contributed by atoms with Crippen LogP contribution < -0.4 is 0 Å². The third-order valence-corrected chi connectivity index (χ3v) is 3.32. The third-order valence-electron chi connectivity index (χ3n) is 2.23. The molecule has 0 aliphatic heterocycles. The summed E-state index contributed by atoms with van der Waals surface area (Å²) >= 11 is 1.17. The number of aliphatic hydroxyl groups is 1. The predicted octanol–water partition coefficient (Wildman–Crippen LogP) is 2.22. The standard InChI is InChI=1S/C12H16F3NO3S/c1-18-4-5-19-7-10(17)8-20-11-3-2-9(6-16-11)12(13,14)15/h2-3,6,10,17H,4-5,7-8H2,1H3. The van der Waals surface area contributed by atoms with E-state index in [0.29, 0.717) is 24.0 Å². The van der Waals surface area contributed by atoms with Gasteiger partial charge in [0.05, 0.1) is 36.5 Å². The van der Waals surface area contributed by atoms with Crippen LogP contribution in [-0.4, -0.2) is 48.9 Å². The number of methoxy groups -OCH3 is 1. The number of nitrogens with zero attached hydrogens (tertiary/aromatic N) is 1. The number of pyridine rings is 1. The van der Waals surface area contributed by atoms with Crippen molar-refractivity contribution in [3.8, 4) is 0 Å². The van der Waals surface area contributed by atoms with E-state index in [2.05, 4.69) is 4.98 Å². The van der Waals surface area contributed by atoms with Gasteiger partial charge in [0.2, 0.25) is 0 Å². The van der Waals surface area contributed by atoms with Crippen molar-refractivity contribution in [2.45, 2.75) is 17.3 Å². The smallest absolute Gasteiger partial charge is 0.390 e. The van der Waals surface area contributed by atoms with Gasteiger partial charge in [0.1, 0.15) is 0 Å². The second-order valence-electron chi connectivity index (χ2n) is 3.92. The number of thioether (sulfide) groups is 1. The van der Waals surface area contributed by atoms with Crippen LogP contribution in [0.3, 0.4) is 0 Å². The molecule has 0 fully saturated rings. The molecular formula is C12H16F3NO3S. The summed E-state index contributed by atoms with van der Waals surface area (Å²) in [6.45, 7) is 0.980. The minimum Gasteiger partial charge on any atom is -0.390 e. The van der Waals surface area contributed by atoms with Crippen LogP contribution in [0.2, 0.25) is 0 Å². The van der Waals surface area contributed by atoms with Crippen LogP contribution in [0.15, 0.2) is 23.4 Å². The number of hydrogen-bond donors (Lipinski definition) is 1. The van der Waals surface area contributed by atoms with E-state index < -0.39 is 17.8 Å². The first-order valence-electron chi connectivity index (χ1n) is 5.84. The third kappa shape index (κ3) is 6.56. The fraction of sp³-hybridized carbons (Fsp3) is 0.583. The Morgan fingerprint density at radius 2 is 2.10 bits per heavy atom. The summed E-state index contributed by atoms with van der Waals surface area (Å²) in [5.41, 5.74) is -0.787. The molecule has 1 heterocycles. The molecule has 4 nitrogen and oxygen atoms in total. The maximum Gasteiger partial charge on any atom is 0.417 e. The lowest BCUT2D eigenvalue weighted by molar-refractivity contribution is -0.137. The molecule has 1 aromatic rings. The van der Waals surface area contributed by atoms with Crippen molar-refractivity contribution in [1.29, 1.82) is 0 Å².